The maximum atomic E-state index is 13.2. The van der Waals surface area contributed by atoms with Crippen LogP contribution in [0.5, 0.6) is 0 Å². The van der Waals surface area contributed by atoms with Gasteiger partial charge in [-0.25, -0.2) is 0 Å². The van der Waals surface area contributed by atoms with Crippen LogP contribution < -0.4 is 5.32 Å². The number of amides is 1. The van der Waals surface area contributed by atoms with E-state index in [0.717, 1.165) is 33.3 Å². The fourth-order valence-corrected chi connectivity index (χ4v) is 3.95. The van der Waals surface area contributed by atoms with Crippen molar-refractivity contribution in [1.29, 1.82) is 0 Å². The summed E-state index contributed by atoms with van der Waals surface area (Å²) in [6.07, 6.45) is 3.56. The number of benzene rings is 3. The molecule has 0 fully saturated rings. The lowest BCUT2D eigenvalue weighted by atomic mass is 10.1. The highest BCUT2D eigenvalue weighted by Crippen LogP contribution is 2.25. The first-order chi connectivity index (χ1) is 15.7. The Kier molecular flexibility index (Phi) is 5.44. The molecule has 1 N–H and O–H groups in total. The monoisotopic (exact) mass is 437 g/mol. The Bertz CT molecular complexity index is 1370. The van der Waals surface area contributed by atoms with Crippen LogP contribution in [0.3, 0.4) is 0 Å². The number of carbonyl (C=O) groups excluding carboxylic acids is 1. The Labute approximate surface area is 191 Å². The van der Waals surface area contributed by atoms with Crippen LogP contribution in [0, 0.1) is 0 Å². The summed E-state index contributed by atoms with van der Waals surface area (Å²) in [5.74, 6) is -0.130. The number of para-hydroxylation sites is 1. The lowest BCUT2D eigenvalue weighted by Gasteiger charge is -2.12. The summed E-state index contributed by atoms with van der Waals surface area (Å²) in [6.45, 7) is 0.442. The molecule has 0 bridgehead atoms. The number of rotatable bonds is 5. The Morgan fingerprint density at radius 3 is 2.28 bits per heavy atom. The van der Waals surface area contributed by atoms with Gasteiger partial charge in [-0.15, -0.1) is 0 Å². The van der Waals surface area contributed by atoms with Gasteiger partial charge in [0.05, 0.1) is 5.52 Å². The number of nitrogens with zero attached hydrogens (tertiary/aromatic N) is 2. The predicted molar refractivity (Wildman–Crippen MR) is 129 cm³/mol. The zero-order valence-electron chi connectivity index (χ0n) is 17.2. The maximum absolute atomic E-state index is 13.2. The molecular weight excluding hydrogens is 418 g/mol. The fourth-order valence-electron chi connectivity index (χ4n) is 3.82. The molecule has 0 aliphatic heterocycles. The SMILES string of the molecule is O=C(NCc1ccc(-c2ccncc2)cc1)c1cc2ccccc2n1-c1ccc(Cl)cc1. The van der Waals surface area contributed by atoms with Crippen LogP contribution in [0.25, 0.3) is 27.7 Å². The lowest BCUT2D eigenvalue weighted by molar-refractivity contribution is 0.0944. The van der Waals surface area contributed by atoms with Crippen LogP contribution in [-0.4, -0.2) is 15.5 Å². The normalized spacial score (nSPS) is 10.9. The molecule has 2 aromatic heterocycles. The standard InChI is InChI=1S/C27H20ClN3O/c28-23-9-11-24(12-10-23)31-25-4-2-1-3-22(25)17-26(31)27(32)30-18-19-5-7-20(8-6-19)21-13-15-29-16-14-21/h1-17H,18H2,(H,30,32). The molecule has 5 aromatic rings. The van der Waals surface area contributed by atoms with Crippen LogP contribution in [0.4, 0.5) is 0 Å². The van der Waals surface area contributed by atoms with Gasteiger partial charge in [-0.2, -0.15) is 0 Å². The van der Waals surface area contributed by atoms with E-state index >= 15 is 0 Å². The number of halogens is 1. The Morgan fingerprint density at radius 1 is 0.844 bits per heavy atom. The molecule has 3 aromatic carbocycles. The first kappa shape index (κ1) is 20.0. The summed E-state index contributed by atoms with van der Waals surface area (Å²) >= 11 is 6.07. The second-order valence-corrected chi connectivity index (χ2v) is 7.95. The maximum Gasteiger partial charge on any atom is 0.268 e. The van der Waals surface area contributed by atoms with E-state index in [4.69, 9.17) is 11.6 Å². The molecule has 5 heteroatoms. The van der Waals surface area contributed by atoms with Crippen LogP contribution in [0.1, 0.15) is 16.1 Å². The average molecular weight is 438 g/mol. The van der Waals surface area contributed by atoms with E-state index in [0.29, 0.717) is 17.3 Å². The third-order valence-corrected chi connectivity index (χ3v) is 5.70. The first-order valence-corrected chi connectivity index (χ1v) is 10.7. The number of carbonyl (C=O) groups is 1. The molecule has 1 amide bonds. The van der Waals surface area contributed by atoms with Gasteiger partial charge in [0.25, 0.3) is 5.91 Å². The van der Waals surface area contributed by atoms with Crippen molar-refractivity contribution in [3.63, 3.8) is 0 Å². The molecule has 156 valence electrons. The third kappa shape index (κ3) is 4.01. The fraction of sp³-hybridized carbons (Fsp3) is 0.0370. The molecule has 0 atom stereocenters. The minimum absolute atomic E-state index is 0.130. The summed E-state index contributed by atoms with van der Waals surface area (Å²) in [5, 5.41) is 4.73. The van der Waals surface area contributed by atoms with Crippen LogP contribution in [0.2, 0.25) is 5.02 Å². The Hall–Kier alpha value is -3.89. The van der Waals surface area contributed by atoms with E-state index in [2.05, 4.69) is 22.4 Å². The van der Waals surface area contributed by atoms with Crippen LogP contribution in [0.15, 0.2) is 103 Å². The van der Waals surface area contributed by atoms with E-state index in [1.807, 2.05) is 83.4 Å². The van der Waals surface area contributed by atoms with Crippen LogP contribution >= 0.6 is 11.6 Å². The van der Waals surface area contributed by atoms with Crippen molar-refractivity contribution in [2.24, 2.45) is 0 Å². The number of fused-ring (bicyclic) bond motifs is 1. The minimum Gasteiger partial charge on any atom is -0.347 e. The molecule has 0 saturated heterocycles. The Morgan fingerprint density at radius 2 is 1.53 bits per heavy atom. The summed E-state index contributed by atoms with van der Waals surface area (Å²) < 4.78 is 1.97. The van der Waals surface area contributed by atoms with Gasteiger partial charge < -0.3 is 9.88 Å². The average Bonchev–Trinajstić information content (AvgIpc) is 3.24. The summed E-state index contributed by atoms with van der Waals surface area (Å²) in [6, 6.07) is 29.5. The number of hydrogen-bond acceptors (Lipinski definition) is 2. The van der Waals surface area contributed by atoms with Crippen molar-refractivity contribution in [3.8, 4) is 16.8 Å². The van der Waals surface area contributed by atoms with Gasteiger partial charge in [-0.3, -0.25) is 9.78 Å². The molecule has 0 radical (unpaired) electrons. The molecule has 2 heterocycles. The van der Waals surface area contributed by atoms with Crippen molar-refractivity contribution >= 4 is 28.4 Å². The number of pyridine rings is 1. The van der Waals surface area contributed by atoms with Crippen molar-refractivity contribution in [3.05, 3.63) is 120 Å². The van der Waals surface area contributed by atoms with Crippen molar-refractivity contribution in [1.82, 2.24) is 14.9 Å². The van der Waals surface area contributed by atoms with E-state index in [1.54, 1.807) is 12.4 Å². The minimum atomic E-state index is -0.130. The van der Waals surface area contributed by atoms with Gasteiger partial charge >= 0.3 is 0 Å². The molecule has 0 saturated carbocycles. The molecule has 4 nitrogen and oxygen atoms in total. The van der Waals surface area contributed by atoms with Crippen molar-refractivity contribution < 1.29 is 4.79 Å². The van der Waals surface area contributed by atoms with Gasteiger partial charge in [-0.1, -0.05) is 54.1 Å². The topological polar surface area (TPSA) is 46.9 Å². The van der Waals surface area contributed by atoms with Crippen LogP contribution in [-0.2, 0) is 6.54 Å². The van der Waals surface area contributed by atoms with Gasteiger partial charge in [0.15, 0.2) is 0 Å². The van der Waals surface area contributed by atoms with E-state index in [-0.39, 0.29) is 5.91 Å². The van der Waals surface area contributed by atoms with E-state index in [9.17, 15) is 4.79 Å². The van der Waals surface area contributed by atoms with Gasteiger partial charge in [-0.05, 0) is 65.2 Å². The summed E-state index contributed by atoms with van der Waals surface area (Å²) in [5.41, 5.74) is 5.71. The molecule has 0 spiro atoms. The smallest absolute Gasteiger partial charge is 0.268 e. The first-order valence-electron chi connectivity index (χ1n) is 10.3. The van der Waals surface area contributed by atoms with E-state index in [1.165, 1.54) is 0 Å². The van der Waals surface area contributed by atoms with Crippen molar-refractivity contribution in [2.75, 3.05) is 0 Å². The largest absolute Gasteiger partial charge is 0.347 e. The Balaban J connectivity index is 1.39. The number of hydrogen-bond donors (Lipinski definition) is 1. The highest BCUT2D eigenvalue weighted by Gasteiger charge is 2.16. The highest BCUT2D eigenvalue weighted by molar-refractivity contribution is 6.30. The second-order valence-electron chi connectivity index (χ2n) is 7.52. The number of aromatic nitrogens is 2. The molecular formula is C27H20ClN3O. The summed E-state index contributed by atoms with van der Waals surface area (Å²) in [4.78, 5) is 17.2. The van der Waals surface area contributed by atoms with Gasteiger partial charge in [0, 0.05) is 35.0 Å². The molecule has 0 unspecified atom stereocenters. The zero-order valence-corrected chi connectivity index (χ0v) is 18.0. The molecule has 0 aliphatic carbocycles. The third-order valence-electron chi connectivity index (χ3n) is 5.45. The van der Waals surface area contributed by atoms with Gasteiger partial charge in [0.2, 0.25) is 0 Å². The van der Waals surface area contributed by atoms with E-state index < -0.39 is 0 Å². The lowest BCUT2D eigenvalue weighted by Crippen LogP contribution is -2.25. The quantitative estimate of drug-likeness (QED) is 0.352. The van der Waals surface area contributed by atoms with Crippen molar-refractivity contribution in [2.45, 2.75) is 6.54 Å². The summed E-state index contributed by atoms with van der Waals surface area (Å²) in [7, 11) is 0. The highest BCUT2D eigenvalue weighted by atomic mass is 35.5. The molecule has 5 rings (SSSR count). The van der Waals surface area contributed by atoms with Gasteiger partial charge in [0.1, 0.15) is 5.69 Å². The second kappa shape index (κ2) is 8.69. The molecule has 32 heavy (non-hydrogen) atoms. The zero-order chi connectivity index (χ0) is 21.9. The predicted octanol–water partition coefficient (Wildman–Crippen LogP) is 6.28. The molecule has 0 aliphatic rings. The number of nitrogens with one attached hydrogen (secondary N) is 1.